The van der Waals surface area contributed by atoms with Gasteiger partial charge in [0.2, 0.25) is 0 Å². The van der Waals surface area contributed by atoms with Crippen LogP contribution in [0.3, 0.4) is 0 Å². The minimum Gasteiger partial charge on any atom is -0.495 e. The molecule has 9 heteroatoms. The molecule has 0 aliphatic rings. The third kappa shape index (κ3) is 5.00. The summed E-state index contributed by atoms with van der Waals surface area (Å²) < 4.78 is 12.6. The predicted molar refractivity (Wildman–Crippen MR) is 125 cm³/mol. The molecule has 0 bridgehead atoms. The van der Waals surface area contributed by atoms with E-state index in [0.29, 0.717) is 24.5 Å². The molecule has 164 valence electrons. The maximum atomic E-state index is 11.9. The van der Waals surface area contributed by atoms with Crippen molar-refractivity contribution >= 4 is 29.1 Å². The Balaban J connectivity index is 1.62. The summed E-state index contributed by atoms with van der Waals surface area (Å²) in [6.07, 6.45) is 0.636. The topological polar surface area (TPSA) is 79.1 Å². The van der Waals surface area contributed by atoms with Crippen LogP contribution in [0.1, 0.15) is 33.8 Å². The molecule has 0 saturated carbocycles. The van der Waals surface area contributed by atoms with Crippen molar-refractivity contribution in [2.75, 3.05) is 13.7 Å². The zero-order valence-corrected chi connectivity index (χ0v) is 19.4. The van der Waals surface area contributed by atoms with Gasteiger partial charge in [0, 0.05) is 11.8 Å². The number of thiazole rings is 1. The molecule has 0 saturated heterocycles. The molecule has 4 aromatic rings. The number of hydrogen-bond acceptors (Lipinski definition) is 8. The van der Waals surface area contributed by atoms with E-state index in [0.717, 1.165) is 33.0 Å². The Morgan fingerprint density at radius 3 is 2.66 bits per heavy atom. The van der Waals surface area contributed by atoms with Gasteiger partial charge >= 0.3 is 5.97 Å². The summed E-state index contributed by atoms with van der Waals surface area (Å²) in [7, 11) is 1.65. The zero-order chi connectivity index (χ0) is 22.3. The van der Waals surface area contributed by atoms with Gasteiger partial charge in [0.15, 0.2) is 10.9 Å². The molecule has 0 aliphatic heterocycles. The second-order valence-electron chi connectivity index (χ2n) is 6.70. The van der Waals surface area contributed by atoms with Crippen LogP contribution in [0.15, 0.2) is 65.1 Å². The van der Waals surface area contributed by atoms with Crippen molar-refractivity contribution < 1.29 is 14.3 Å². The molecular formula is C23H22N4O3S2. The number of carbonyl (C=O) groups is 1. The molecule has 0 fully saturated rings. The average molecular weight is 467 g/mol. The van der Waals surface area contributed by atoms with E-state index in [1.165, 1.54) is 23.1 Å². The number of nitrogens with zero attached hydrogens (tertiary/aromatic N) is 4. The summed E-state index contributed by atoms with van der Waals surface area (Å²) in [5.41, 5.74) is 2.36. The van der Waals surface area contributed by atoms with Crippen molar-refractivity contribution in [2.45, 2.75) is 24.3 Å². The number of methoxy groups -OCH3 is 1. The lowest BCUT2D eigenvalue weighted by atomic mass is 10.1. The predicted octanol–water partition coefficient (Wildman–Crippen LogP) is 4.79. The molecule has 7 nitrogen and oxygen atoms in total. The number of aromatic nitrogens is 4. The molecule has 0 atom stereocenters. The maximum Gasteiger partial charge on any atom is 0.357 e. The fourth-order valence-electron chi connectivity index (χ4n) is 3.15. The molecule has 0 unspecified atom stereocenters. The van der Waals surface area contributed by atoms with Crippen LogP contribution in [0.2, 0.25) is 0 Å². The summed E-state index contributed by atoms with van der Waals surface area (Å²) >= 11 is 2.94. The van der Waals surface area contributed by atoms with Gasteiger partial charge in [0.25, 0.3) is 0 Å². The van der Waals surface area contributed by atoms with E-state index in [-0.39, 0.29) is 0 Å². The van der Waals surface area contributed by atoms with Crippen LogP contribution in [0.4, 0.5) is 0 Å². The Labute approximate surface area is 194 Å². The van der Waals surface area contributed by atoms with Gasteiger partial charge in [0.05, 0.1) is 25.2 Å². The van der Waals surface area contributed by atoms with Gasteiger partial charge in [-0.25, -0.2) is 9.78 Å². The Hall–Kier alpha value is -3.17. The van der Waals surface area contributed by atoms with Crippen molar-refractivity contribution in [1.82, 2.24) is 19.7 Å². The lowest BCUT2D eigenvalue weighted by Crippen LogP contribution is -2.06. The molecule has 32 heavy (non-hydrogen) atoms. The molecule has 2 heterocycles. The SMILES string of the molecule is CCOC(=O)c1csc(CSc2nnc(Cc3ccccc3)n2-c2ccccc2OC)n1. The van der Waals surface area contributed by atoms with Gasteiger partial charge in [-0.1, -0.05) is 54.2 Å². The minimum atomic E-state index is -0.401. The van der Waals surface area contributed by atoms with Crippen molar-refractivity contribution in [2.24, 2.45) is 0 Å². The number of rotatable bonds is 9. The van der Waals surface area contributed by atoms with Crippen LogP contribution in [-0.4, -0.2) is 39.4 Å². The summed E-state index contributed by atoms with van der Waals surface area (Å²) in [5, 5.41) is 12.2. The molecule has 0 aliphatic carbocycles. The summed E-state index contributed by atoms with van der Waals surface area (Å²) in [4.78, 5) is 16.3. The molecular weight excluding hydrogens is 444 g/mol. The molecule has 2 aromatic carbocycles. The first-order valence-corrected chi connectivity index (χ1v) is 11.9. The second kappa shape index (κ2) is 10.4. The maximum absolute atomic E-state index is 11.9. The van der Waals surface area contributed by atoms with Gasteiger partial charge in [-0.2, -0.15) is 0 Å². The Bertz CT molecular complexity index is 1190. The van der Waals surface area contributed by atoms with Gasteiger partial charge in [-0.15, -0.1) is 21.5 Å². The third-order valence-corrected chi connectivity index (χ3v) is 6.56. The van der Waals surface area contributed by atoms with E-state index in [1.54, 1.807) is 19.4 Å². The molecule has 0 radical (unpaired) electrons. The summed E-state index contributed by atoms with van der Waals surface area (Å²) in [5.74, 6) is 1.71. The third-order valence-electron chi connectivity index (χ3n) is 4.59. The van der Waals surface area contributed by atoms with E-state index in [9.17, 15) is 4.79 Å². The van der Waals surface area contributed by atoms with E-state index in [1.807, 2.05) is 47.0 Å². The number of thioether (sulfide) groups is 1. The number of hydrogen-bond donors (Lipinski definition) is 0. The van der Waals surface area contributed by atoms with Crippen molar-refractivity contribution in [1.29, 1.82) is 0 Å². The average Bonchev–Trinajstić information content (AvgIpc) is 3.45. The normalized spacial score (nSPS) is 10.8. The highest BCUT2D eigenvalue weighted by Gasteiger charge is 2.19. The summed E-state index contributed by atoms with van der Waals surface area (Å²) in [6, 6.07) is 18.0. The number of para-hydroxylation sites is 2. The minimum absolute atomic E-state index is 0.326. The van der Waals surface area contributed by atoms with E-state index in [2.05, 4.69) is 27.3 Å². The van der Waals surface area contributed by atoms with E-state index < -0.39 is 5.97 Å². The highest BCUT2D eigenvalue weighted by Crippen LogP contribution is 2.31. The Morgan fingerprint density at radius 2 is 1.88 bits per heavy atom. The first-order valence-electron chi connectivity index (χ1n) is 10.1. The molecule has 0 spiro atoms. The Kier molecular flexibility index (Phi) is 7.18. The second-order valence-corrected chi connectivity index (χ2v) is 8.59. The molecule has 2 aromatic heterocycles. The van der Waals surface area contributed by atoms with Gasteiger partial charge < -0.3 is 9.47 Å². The van der Waals surface area contributed by atoms with Crippen molar-refractivity contribution in [3.63, 3.8) is 0 Å². The largest absolute Gasteiger partial charge is 0.495 e. The lowest BCUT2D eigenvalue weighted by molar-refractivity contribution is 0.0520. The van der Waals surface area contributed by atoms with Crippen LogP contribution in [0.5, 0.6) is 5.75 Å². The summed E-state index contributed by atoms with van der Waals surface area (Å²) in [6.45, 7) is 2.10. The fourth-order valence-corrected chi connectivity index (χ4v) is 4.89. The van der Waals surface area contributed by atoms with Crippen molar-refractivity contribution in [3.05, 3.63) is 82.1 Å². The van der Waals surface area contributed by atoms with Crippen LogP contribution >= 0.6 is 23.1 Å². The number of carbonyl (C=O) groups excluding carboxylic acids is 1. The number of benzene rings is 2. The van der Waals surface area contributed by atoms with Crippen LogP contribution < -0.4 is 4.74 Å². The fraction of sp³-hybridized carbons (Fsp3) is 0.217. The lowest BCUT2D eigenvalue weighted by Gasteiger charge is -2.13. The first kappa shape index (κ1) is 22.0. The quantitative estimate of drug-likeness (QED) is 0.259. The van der Waals surface area contributed by atoms with E-state index in [4.69, 9.17) is 9.47 Å². The standard InChI is InChI=1S/C23H22N4O3S2/c1-3-30-22(28)17-14-31-21(24-17)15-32-23-26-25-20(13-16-9-5-4-6-10-16)27(23)18-11-7-8-12-19(18)29-2/h4-12,14H,3,13,15H2,1-2H3. The number of ether oxygens (including phenoxy) is 2. The van der Waals surface area contributed by atoms with Gasteiger partial charge in [-0.05, 0) is 24.6 Å². The number of esters is 1. The molecule has 4 rings (SSSR count). The zero-order valence-electron chi connectivity index (χ0n) is 17.7. The highest BCUT2D eigenvalue weighted by atomic mass is 32.2. The highest BCUT2D eigenvalue weighted by molar-refractivity contribution is 7.98. The van der Waals surface area contributed by atoms with Crippen LogP contribution in [0.25, 0.3) is 5.69 Å². The van der Waals surface area contributed by atoms with E-state index >= 15 is 0 Å². The van der Waals surface area contributed by atoms with Gasteiger partial charge in [-0.3, -0.25) is 4.57 Å². The first-order chi connectivity index (χ1) is 15.7. The smallest absolute Gasteiger partial charge is 0.357 e. The van der Waals surface area contributed by atoms with Crippen molar-refractivity contribution in [3.8, 4) is 11.4 Å². The van der Waals surface area contributed by atoms with Crippen LogP contribution in [-0.2, 0) is 16.9 Å². The molecule has 0 N–H and O–H groups in total. The molecule has 0 amide bonds. The van der Waals surface area contributed by atoms with Gasteiger partial charge in [0.1, 0.15) is 16.6 Å². The van der Waals surface area contributed by atoms with Crippen LogP contribution in [0, 0.1) is 0 Å². The Morgan fingerprint density at radius 1 is 1.09 bits per heavy atom. The monoisotopic (exact) mass is 466 g/mol.